The number of anilines is 3. The van der Waals surface area contributed by atoms with Crippen molar-refractivity contribution in [2.24, 2.45) is 5.92 Å². The van der Waals surface area contributed by atoms with Crippen molar-refractivity contribution in [1.82, 2.24) is 10.3 Å². The second kappa shape index (κ2) is 7.99. The van der Waals surface area contributed by atoms with E-state index in [1.54, 1.807) is 12.4 Å². The van der Waals surface area contributed by atoms with E-state index in [0.717, 1.165) is 30.4 Å². The third-order valence-corrected chi connectivity index (χ3v) is 4.79. The molecule has 3 rings (SSSR count). The molecule has 2 aromatic rings. The molecule has 2 N–H and O–H groups in total. The number of nitrogens with one attached hydrogen (secondary N) is 2. The quantitative estimate of drug-likeness (QED) is 0.831. The van der Waals surface area contributed by atoms with E-state index >= 15 is 0 Å². The van der Waals surface area contributed by atoms with Crippen molar-refractivity contribution in [3.63, 3.8) is 0 Å². The smallest absolute Gasteiger partial charge is 0.253 e. The summed E-state index contributed by atoms with van der Waals surface area (Å²) in [6.45, 7) is 10.5. The first kappa shape index (κ1) is 19.2. The normalized spacial score (nSPS) is 15.5. The number of benzene rings is 1. The number of carbonyl (C=O) groups is 1. The van der Waals surface area contributed by atoms with Crippen molar-refractivity contribution in [1.29, 1.82) is 0 Å². The van der Waals surface area contributed by atoms with E-state index in [9.17, 15) is 4.79 Å². The van der Waals surface area contributed by atoms with Gasteiger partial charge in [0.1, 0.15) is 0 Å². The van der Waals surface area contributed by atoms with Crippen LogP contribution < -0.4 is 15.5 Å². The van der Waals surface area contributed by atoms with Crippen molar-refractivity contribution >= 4 is 23.0 Å². The Morgan fingerprint density at radius 3 is 2.37 bits per heavy atom. The lowest BCUT2D eigenvalue weighted by molar-refractivity contribution is 0.0919. The van der Waals surface area contributed by atoms with Crippen molar-refractivity contribution in [3.05, 3.63) is 48.3 Å². The first-order valence-electron chi connectivity index (χ1n) is 9.70. The van der Waals surface area contributed by atoms with Crippen LogP contribution in [0.5, 0.6) is 0 Å². The Bertz CT molecular complexity index is 772. The van der Waals surface area contributed by atoms with Crippen molar-refractivity contribution in [2.75, 3.05) is 23.3 Å². The summed E-state index contributed by atoms with van der Waals surface area (Å²) in [7, 11) is 0. The van der Waals surface area contributed by atoms with Gasteiger partial charge in [-0.1, -0.05) is 6.92 Å². The minimum atomic E-state index is -0.275. The Hall–Kier alpha value is -2.56. The van der Waals surface area contributed by atoms with E-state index in [-0.39, 0.29) is 11.4 Å². The molecule has 144 valence electrons. The second-order valence-electron chi connectivity index (χ2n) is 8.51. The topological polar surface area (TPSA) is 57.3 Å². The van der Waals surface area contributed by atoms with Gasteiger partial charge in [0.15, 0.2) is 0 Å². The highest BCUT2D eigenvalue weighted by molar-refractivity contribution is 5.95. The number of rotatable bonds is 4. The standard InChI is InChI=1S/C22H30N4O/c1-16-9-11-26(12-10-16)20-7-5-18(6-8-20)24-19-13-17(14-23-15-19)21(27)25-22(2,3)4/h5-8,13-16,24H,9-12H2,1-4H3,(H,25,27). The SMILES string of the molecule is CC1CCN(c2ccc(Nc3cncc(C(=O)NC(C)(C)C)c3)cc2)CC1. The molecule has 1 aliphatic heterocycles. The maximum absolute atomic E-state index is 12.3. The van der Waals surface area contributed by atoms with Gasteiger partial charge in [-0.3, -0.25) is 9.78 Å². The van der Waals surface area contributed by atoms with E-state index in [1.165, 1.54) is 18.5 Å². The third kappa shape index (κ3) is 5.46. The van der Waals surface area contributed by atoms with Gasteiger partial charge < -0.3 is 15.5 Å². The van der Waals surface area contributed by atoms with Gasteiger partial charge in [-0.05, 0) is 69.9 Å². The highest BCUT2D eigenvalue weighted by Gasteiger charge is 2.17. The lowest BCUT2D eigenvalue weighted by Crippen LogP contribution is -2.40. The van der Waals surface area contributed by atoms with Crippen LogP contribution >= 0.6 is 0 Å². The zero-order valence-electron chi connectivity index (χ0n) is 16.7. The predicted molar refractivity (Wildman–Crippen MR) is 112 cm³/mol. The highest BCUT2D eigenvalue weighted by Crippen LogP contribution is 2.25. The molecule has 1 aromatic carbocycles. The van der Waals surface area contributed by atoms with Crippen LogP contribution in [0.15, 0.2) is 42.7 Å². The fourth-order valence-electron chi connectivity index (χ4n) is 3.23. The Balaban J connectivity index is 1.65. The molecule has 5 nitrogen and oxygen atoms in total. The lowest BCUT2D eigenvalue weighted by Gasteiger charge is -2.32. The van der Waals surface area contributed by atoms with Crippen LogP contribution in [0.1, 0.15) is 50.9 Å². The zero-order chi connectivity index (χ0) is 19.4. The summed E-state index contributed by atoms with van der Waals surface area (Å²) < 4.78 is 0. The molecule has 1 fully saturated rings. The molecule has 0 unspecified atom stereocenters. The van der Waals surface area contributed by atoms with Gasteiger partial charge in [0.2, 0.25) is 0 Å². The van der Waals surface area contributed by atoms with E-state index in [4.69, 9.17) is 0 Å². The Morgan fingerprint density at radius 1 is 1.07 bits per heavy atom. The molecule has 5 heteroatoms. The van der Waals surface area contributed by atoms with Gasteiger partial charge in [0.05, 0.1) is 17.4 Å². The van der Waals surface area contributed by atoms with E-state index in [1.807, 2.05) is 26.8 Å². The summed E-state index contributed by atoms with van der Waals surface area (Å²) in [5, 5.41) is 6.30. The lowest BCUT2D eigenvalue weighted by atomic mass is 9.99. The fourth-order valence-corrected chi connectivity index (χ4v) is 3.23. The molecule has 1 amide bonds. The highest BCUT2D eigenvalue weighted by atomic mass is 16.1. The monoisotopic (exact) mass is 366 g/mol. The van der Waals surface area contributed by atoms with Crippen LogP contribution in [0.3, 0.4) is 0 Å². The molecule has 1 saturated heterocycles. The van der Waals surface area contributed by atoms with Gasteiger partial charge in [-0.2, -0.15) is 0 Å². The summed E-state index contributed by atoms with van der Waals surface area (Å²) in [5.41, 5.74) is 3.33. The molecule has 0 radical (unpaired) electrons. The average Bonchev–Trinajstić information content (AvgIpc) is 2.62. The second-order valence-corrected chi connectivity index (χ2v) is 8.51. The van der Waals surface area contributed by atoms with E-state index in [2.05, 4.69) is 51.7 Å². The number of piperidine rings is 1. The van der Waals surface area contributed by atoms with Crippen LogP contribution in [0, 0.1) is 5.92 Å². The summed E-state index contributed by atoms with van der Waals surface area (Å²) in [4.78, 5) is 19.0. The molecule has 27 heavy (non-hydrogen) atoms. The minimum absolute atomic E-state index is 0.117. The number of nitrogens with zero attached hydrogens (tertiary/aromatic N) is 2. The van der Waals surface area contributed by atoms with Crippen LogP contribution in [0.4, 0.5) is 17.1 Å². The van der Waals surface area contributed by atoms with Crippen LogP contribution in [0.25, 0.3) is 0 Å². The summed E-state index contributed by atoms with van der Waals surface area (Å²) in [6.07, 6.45) is 5.84. The number of aromatic nitrogens is 1. The van der Waals surface area contributed by atoms with Gasteiger partial charge in [0, 0.05) is 36.2 Å². The summed E-state index contributed by atoms with van der Waals surface area (Å²) in [5.74, 6) is 0.714. The molecule has 0 saturated carbocycles. The van der Waals surface area contributed by atoms with E-state index < -0.39 is 0 Å². The summed E-state index contributed by atoms with van der Waals surface area (Å²) >= 11 is 0. The molecule has 0 spiro atoms. The molecule has 0 bridgehead atoms. The zero-order valence-corrected chi connectivity index (χ0v) is 16.7. The first-order chi connectivity index (χ1) is 12.8. The molecule has 1 aromatic heterocycles. The maximum Gasteiger partial charge on any atom is 0.253 e. The molecule has 2 heterocycles. The number of pyridine rings is 1. The minimum Gasteiger partial charge on any atom is -0.372 e. The number of amides is 1. The van der Waals surface area contributed by atoms with Gasteiger partial charge in [-0.15, -0.1) is 0 Å². The van der Waals surface area contributed by atoms with Crippen LogP contribution in [-0.4, -0.2) is 29.5 Å². The van der Waals surface area contributed by atoms with Gasteiger partial charge >= 0.3 is 0 Å². The number of hydrogen-bond acceptors (Lipinski definition) is 4. The average molecular weight is 367 g/mol. The third-order valence-electron chi connectivity index (χ3n) is 4.79. The van der Waals surface area contributed by atoms with Crippen molar-refractivity contribution < 1.29 is 4.79 Å². The Labute approximate surface area is 162 Å². The van der Waals surface area contributed by atoms with Crippen molar-refractivity contribution in [3.8, 4) is 0 Å². The first-order valence-corrected chi connectivity index (χ1v) is 9.70. The fraction of sp³-hybridized carbons (Fsp3) is 0.455. The molecule has 0 aliphatic carbocycles. The predicted octanol–water partition coefficient (Wildman–Crippen LogP) is 4.59. The van der Waals surface area contributed by atoms with Crippen molar-refractivity contribution in [2.45, 2.75) is 46.1 Å². The van der Waals surface area contributed by atoms with Crippen LogP contribution in [-0.2, 0) is 0 Å². The molecular formula is C22H30N4O. The molecule has 0 atom stereocenters. The Morgan fingerprint density at radius 2 is 1.74 bits per heavy atom. The van der Waals surface area contributed by atoms with Crippen LogP contribution in [0.2, 0.25) is 0 Å². The Kier molecular flexibility index (Phi) is 5.68. The largest absolute Gasteiger partial charge is 0.372 e. The van der Waals surface area contributed by atoms with Gasteiger partial charge in [-0.25, -0.2) is 0 Å². The van der Waals surface area contributed by atoms with E-state index in [0.29, 0.717) is 5.56 Å². The summed E-state index contributed by atoms with van der Waals surface area (Å²) in [6, 6.07) is 10.3. The number of hydrogen-bond donors (Lipinski definition) is 2. The number of carbonyl (C=O) groups excluding carboxylic acids is 1. The molecule has 1 aliphatic rings. The van der Waals surface area contributed by atoms with Gasteiger partial charge in [0.25, 0.3) is 5.91 Å². The maximum atomic E-state index is 12.3. The molecular weight excluding hydrogens is 336 g/mol.